The van der Waals surface area contributed by atoms with Gasteiger partial charge in [0.15, 0.2) is 0 Å². The third kappa shape index (κ3) is 6.90. The van der Waals surface area contributed by atoms with Crippen LogP contribution in [0.2, 0.25) is 15.1 Å². The standard InChI is InChI=1S/C23H27Cl3N2O2/c1-4-15(2)27-23(30)16(3)28(14-18-9-11-19(24)13-21(18)26)22(29)12-10-17-7-5-6-8-20(17)25/h5-9,11,13,15-16H,4,10,12,14H2,1-3H3,(H,27,30)/t15-,16+/m1/s1. The van der Waals surface area contributed by atoms with Crippen molar-refractivity contribution in [3.8, 4) is 0 Å². The van der Waals surface area contributed by atoms with Gasteiger partial charge in [0.05, 0.1) is 0 Å². The molecule has 0 spiro atoms. The van der Waals surface area contributed by atoms with Crippen molar-refractivity contribution in [3.63, 3.8) is 0 Å². The Morgan fingerprint density at radius 3 is 2.33 bits per heavy atom. The molecule has 4 nitrogen and oxygen atoms in total. The molecule has 0 aliphatic carbocycles. The topological polar surface area (TPSA) is 49.4 Å². The van der Waals surface area contributed by atoms with E-state index in [1.807, 2.05) is 32.0 Å². The quantitative estimate of drug-likeness (QED) is 0.496. The molecular weight excluding hydrogens is 443 g/mol. The molecule has 1 N–H and O–H groups in total. The molecule has 2 rings (SSSR count). The van der Waals surface area contributed by atoms with Crippen molar-refractivity contribution >= 4 is 46.6 Å². The normalized spacial score (nSPS) is 12.9. The largest absolute Gasteiger partial charge is 0.352 e. The molecule has 0 aliphatic rings. The van der Waals surface area contributed by atoms with E-state index in [2.05, 4.69) is 5.32 Å². The first-order chi connectivity index (χ1) is 14.2. The number of halogens is 3. The first kappa shape index (κ1) is 24.5. The molecule has 0 bridgehead atoms. The summed E-state index contributed by atoms with van der Waals surface area (Å²) in [4.78, 5) is 27.4. The number of nitrogens with zero attached hydrogens (tertiary/aromatic N) is 1. The second kappa shape index (κ2) is 11.6. The van der Waals surface area contributed by atoms with E-state index in [4.69, 9.17) is 34.8 Å². The summed E-state index contributed by atoms with van der Waals surface area (Å²) in [6.07, 6.45) is 1.53. The molecule has 0 radical (unpaired) electrons. The maximum absolute atomic E-state index is 13.1. The molecule has 0 heterocycles. The van der Waals surface area contributed by atoms with Crippen molar-refractivity contribution in [3.05, 3.63) is 68.7 Å². The van der Waals surface area contributed by atoms with Gasteiger partial charge in [-0.05, 0) is 56.0 Å². The van der Waals surface area contributed by atoms with Crippen LogP contribution in [0, 0.1) is 0 Å². The van der Waals surface area contributed by atoms with E-state index in [1.54, 1.807) is 36.1 Å². The van der Waals surface area contributed by atoms with Crippen LogP contribution in [0.15, 0.2) is 42.5 Å². The summed E-state index contributed by atoms with van der Waals surface area (Å²) < 4.78 is 0. The first-order valence-electron chi connectivity index (χ1n) is 10.00. The molecule has 2 aromatic rings. The van der Waals surface area contributed by atoms with Gasteiger partial charge in [-0.25, -0.2) is 0 Å². The van der Waals surface area contributed by atoms with E-state index >= 15 is 0 Å². The molecule has 2 aromatic carbocycles. The highest BCUT2D eigenvalue weighted by Gasteiger charge is 2.27. The average molecular weight is 470 g/mol. The predicted octanol–water partition coefficient (Wildman–Crippen LogP) is 5.91. The van der Waals surface area contributed by atoms with Gasteiger partial charge in [0.2, 0.25) is 11.8 Å². The Balaban J connectivity index is 2.21. The number of hydrogen-bond acceptors (Lipinski definition) is 2. The Morgan fingerprint density at radius 1 is 1.00 bits per heavy atom. The van der Waals surface area contributed by atoms with Crippen molar-refractivity contribution < 1.29 is 9.59 Å². The summed E-state index contributed by atoms with van der Waals surface area (Å²) in [6.45, 7) is 5.88. The summed E-state index contributed by atoms with van der Waals surface area (Å²) in [5.74, 6) is -0.340. The molecule has 162 valence electrons. The van der Waals surface area contributed by atoms with Crippen LogP contribution in [0.1, 0.15) is 44.7 Å². The molecule has 0 aliphatic heterocycles. The Kier molecular flexibility index (Phi) is 9.47. The lowest BCUT2D eigenvalue weighted by Crippen LogP contribution is -2.49. The lowest BCUT2D eigenvalue weighted by Gasteiger charge is -2.30. The zero-order valence-electron chi connectivity index (χ0n) is 17.4. The van der Waals surface area contributed by atoms with Gasteiger partial charge in [0.25, 0.3) is 0 Å². The summed E-state index contributed by atoms with van der Waals surface area (Å²) >= 11 is 18.5. The van der Waals surface area contributed by atoms with Crippen LogP contribution in [0.25, 0.3) is 0 Å². The van der Waals surface area contributed by atoms with E-state index in [0.29, 0.717) is 21.5 Å². The van der Waals surface area contributed by atoms with Crippen molar-refractivity contribution in [2.45, 2.75) is 58.7 Å². The maximum atomic E-state index is 13.1. The van der Waals surface area contributed by atoms with Crippen LogP contribution in [0.5, 0.6) is 0 Å². The number of hydrogen-bond donors (Lipinski definition) is 1. The van der Waals surface area contributed by atoms with Gasteiger partial charge >= 0.3 is 0 Å². The highest BCUT2D eigenvalue weighted by atomic mass is 35.5. The third-order valence-corrected chi connectivity index (χ3v) is 6.05. The zero-order valence-corrected chi connectivity index (χ0v) is 19.7. The van der Waals surface area contributed by atoms with Crippen LogP contribution in [-0.2, 0) is 22.6 Å². The number of rotatable bonds is 9. The van der Waals surface area contributed by atoms with E-state index < -0.39 is 6.04 Å². The molecule has 0 saturated heterocycles. The summed E-state index contributed by atoms with van der Waals surface area (Å²) in [7, 11) is 0. The fourth-order valence-corrected chi connectivity index (χ4v) is 3.67. The Morgan fingerprint density at radius 2 is 1.70 bits per heavy atom. The van der Waals surface area contributed by atoms with Crippen LogP contribution in [0.4, 0.5) is 0 Å². The van der Waals surface area contributed by atoms with Crippen LogP contribution >= 0.6 is 34.8 Å². The Labute approximate surface area is 193 Å². The molecule has 7 heteroatoms. The van der Waals surface area contributed by atoms with Crippen LogP contribution < -0.4 is 5.32 Å². The van der Waals surface area contributed by atoms with Crippen molar-refractivity contribution in [1.29, 1.82) is 0 Å². The number of aryl methyl sites for hydroxylation is 1. The van der Waals surface area contributed by atoms with Gasteiger partial charge in [0.1, 0.15) is 6.04 Å². The van der Waals surface area contributed by atoms with Gasteiger partial charge in [-0.1, -0.05) is 66.0 Å². The first-order valence-corrected chi connectivity index (χ1v) is 11.1. The van der Waals surface area contributed by atoms with Crippen molar-refractivity contribution in [1.82, 2.24) is 10.2 Å². The predicted molar refractivity (Wildman–Crippen MR) is 124 cm³/mol. The molecular formula is C23H27Cl3N2O2. The molecule has 0 aromatic heterocycles. The number of carbonyl (C=O) groups excluding carboxylic acids is 2. The highest BCUT2D eigenvalue weighted by molar-refractivity contribution is 6.35. The minimum absolute atomic E-state index is 0.0270. The monoisotopic (exact) mass is 468 g/mol. The fourth-order valence-electron chi connectivity index (χ4n) is 2.97. The Hall–Kier alpha value is -1.75. The van der Waals surface area contributed by atoms with Gasteiger partial charge in [-0.3, -0.25) is 9.59 Å². The highest BCUT2D eigenvalue weighted by Crippen LogP contribution is 2.24. The maximum Gasteiger partial charge on any atom is 0.242 e. The molecule has 2 atom stereocenters. The van der Waals surface area contributed by atoms with Crippen LogP contribution in [-0.4, -0.2) is 28.8 Å². The van der Waals surface area contributed by atoms with Gasteiger partial charge in [-0.15, -0.1) is 0 Å². The Bertz CT molecular complexity index is 889. The van der Waals surface area contributed by atoms with Crippen LogP contribution in [0.3, 0.4) is 0 Å². The van der Waals surface area contributed by atoms with Gasteiger partial charge in [-0.2, -0.15) is 0 Å². The summed E-state index contributed by atoms with van der Waals surface area (Å²) in [5, 5.41) is 4.55. The van der Waals surface area contributed by atoms with E-state index in [1.165, 1.54) is 0 Å². The lowest BCUT2D eigenvalue weighted by atomic mass is 10.1. The minimum atomic E-state index is -0.649. The van der Waals surface area contributed by atoms with Gasteiger partial charge < -0.3 is 10.2 Å². The van der Waals surface area contributed by atoms with E-state index in [9.17, 15) is 9.59 Å². The molecule has 0 unspecified atom stereocenters. The van der Waals surface area contributed by atoms with E-state index in [-0.39, 0.29) is 30.8 Å². The second-order valence-corrected chi connectivity index (χ2v) is 8.59. The molecule has 2 amide bonds. The number of amides is 2. The average Bonchev–Trinajstić information content (AvgIpc) is 2.71. The molecule has 30 heavy (non-hydrogen) atoms. The smallest absolute Gasteiger partial charge is 0.242 e. The number of nitrogens with one attached hydrogen (secondary N) is 1. The molecule has 0 fully saturated rings. The number of carbonyl (C=O) groups is 2. The third-order valence-electron chi connectivity index (χ3n) is 5.09. The summed E-state index contributed by atoms with van der Waals surface area (Å²) in [6, 6.07) is 11.9. The van der Waals surface area contributed by atoms with Crippen molar-refractivity contribution in [2.75, 3.05) is 0 Å². The lowest BCUT2D eigenvalue weighted by molar-refractivity contribution is -0.140. The van der Waals surface area contributed by atoms with Gasteiger partial charge in [0, 0.05) is 34.1 Å². The zero-order chi connectivity index (χ0) is 22.3. The number of benzene rings is 2. The van der Waals surface area contributed by atoms with Crippen molar-refractivity contribution in [2.24, 2.45) is 0 Å². The minimum Gasteiger partial charge on any atom is -0.352 e. The summed E-state index contributed by atoms with van der Waals surface area (Å²) in [5.41, 5.74) is 1.63. The SMILES string of the molecule is CC[C@@H](C)NC(=O)[C@H](C)N(Cc1ccc(Cl)cc1Cl)C(=O)CCc1ccccc1Cl. The second-order valence-electron chi connectivity index (χ2n) is 7.34. The molecule has 0 saturated carbocycles. The fraction of sp³-hybridized carbons (Fsp3) is 0.391. The van der Waals surface area contributed by atoms with E-state index in [0.717, 1.165) is 17.5 Å².